The third kappa shape index (κ3) is 2.90. The quantitative estimate of drug-likeness (QED) is 0.880. The van der Waals surface area contributed by atoms with Crippen LogP contribution in [0.2, 0.25) is 0 Å². The molecule has 0 radical (unpaired) electrons. The maximum Gasteiger partial charge on any atom is 0.124 e. The third-order valence-electron chi connectivity index (χ3n) is 4.02. The Morgan fingerprint density at radius 2 is 1.95 bits per heavy atom. The Balaban J connectivity index is 1.85. The first-order valence-electron chi connectivity index (χ1n) is 7.04. The Labute approximate surface area is 129 Å². The van der Waals surface area contributed by atoms with Crippen LogP contribution in [0.25, 0.3) is 0 Å². The van der Waals surface area contributed by atoms with Gasteiger partial charge in [-0.2, -0.15) is 0 Å². The van der Waals surface area contributed by atoms with Crippen molar-refractivity contribution in [1.82, 2.24) is 0 Å². The molecule has 1 fully saturated rings. The second-order valence-electron chi connectivity index (χ2n) is 5.37. The second-order valence-corrected chi connectivity index (χ2v) is 5.81. The summed E-state index contributed by atoms with van der Waals surface area (Å²) < 4.78 is 13.4. The summed E-state index contributed by atoms with van der Waals surface area (Å²) in [6.45, 7) is 1.84. The Morgan fingerprint density at radius 3 is 2.67 bits per heavy atom. The van der Waals surface area contributed by atoms with Crippen LogP contribution < -0.4 is 10.6 Å². The molecule has 21 heavy (non-hydrogen) atoms. The lowest BCUT2D eigenvalue weighted by molar-refractivity contribution is 0.627. The van der Waals surface area contributed by atoms with Crippen LogP contribution in [0.4, 0.5) is 10.1 Å². The lowest BCUT2D eigenvalue weighted by Gasteiger charge is -2.22. The predicted molar refractivity (Wildman–Crippen MR) is 88.3 cm³/mol. The molecule has 1 aliphatic heterocycles. The second kappa shape index (κ2) is 5.82. The van der Waals surface area contributed by atoms with E-state index in [-0.39, 0.29) is 10.8 Å². The first-order chi connectivity index (χ1) is 10.1. The molecule has 0 spiro atoms. The number of thiocarbonyl (C=S) groups is 1. The topological polar surface area (TPSA) is 29.3 Å². The van der Waals surface area contributed by atoms with E-state index in [4.69, 9.17) is 18.0 Å². The molecule has 2 N–H and O–H groups in total. The van der Waals surface area contributed by atoms with Crippen molar-refractivity contribution >= 4 is 22.9 Å². The highest BCUT2D eigenvalue weighted by Crippen LogP contribution is 2.32. The minimum absolute atomic E-state index is 0.243. The molecule has 0 amide bonds. The van der Waals surface area contributed by atoms with Crippen molar-refractivity contribution in [2.75, 3.05) is 18.0 Å². The van der Waals surface area contributed by atoms with Crippen LogP contribution in [0.5, 0.6) is 0 Å². The number of hydrogen-bond acceptors (Lipinski definition) is 2. The smallest absolute Gasteiger partial charge is 0.124 e. The van der Waals surface area contributed by atoms with Crippen molar-refractivity contribution < 1.29 is 4.39 Å². The van der Waals surface area contributed by atoms with E-state index in [0.29, 0.717) is 11.5 Å². The Kier molecular flexibility index (Phi) is 3.88. The Bertz CT molecular complexity index is 657. The normalized spacial score (nSPS) is 18.0. The third-order valence-corrected chi connectivity index (χ3v) is 4.24. The fraction of sp³-hybridized carbons (Fsp3) is 0.235. The summed E-state index contributed by atoms with van der Waals surface area (Å²) in [5, 5.41) is 0. The van der Waals surface area contributed by atoms with Crippen LogP contribution in [0.1, 0.15) is 23.5 Å². The van der Waals surface area contributed by atoms with E-state index < -0.39 is 0 Å². The summed E-state index contributed by atoms with van der Waals surface area (Å²) in [7, 11) is 0. The zero-order valence-electron chi connectivity index (χ0n) is 11.6. The van der Waals surface area contributed by atoms with Gasteiger partial charge in [-0.05, 0) is 30.2 Å². The molecule has 3 rings (SSSR count). The molecule has 1 heterocycles. The average molecular weight is 300 g/mol. The molecule has 4 heteroatoms. The van der Waals surface area contributed by atoms with Gasteiger partial charge >= 0.3 is 0 Å². The van der Waals surface area contributed by atoms with Crippen molar-refractivity contribution in [3.8, 4) is 0 Å². The van der Waals surface area contributed by atoms with E-state index in [1.54, 1.807) is 6.07 Å². The van der Waals surface area contributed by atoms with Crippen molar-refractivity contribution in [1.29, 1.82) is 0 Å². The summed E-state index contributed by atoms with van der Waals surface area (Å²) >= 11 is 5.05. The summed E-state index contributed by atoms with van der Waals surface area (Å²) in [5.74, 6) is 0.191. The van der Waals surface area contributed by atoms with Crippen LogP contribution in [-0.2, 0) is 0 Å². The van der Waals surface area contributed by atoms with E-state index in [2.05, 4.69) is 29.2 Å². The molecule has 1 saturated heterocycles. The molecule has 2 aromatic rings. The zero-order chi connectivity index (χ0) is 14.8. The highest BCUT2D eigenvalue weighted by atomic mass is 32.1. The van der Waals surface area contributed by atoms with Crippen LogP contribution in [-0.4, -0.2) is 18.1 Å². The van der Waals surface area contributed by atoms with Gasteiger partial charge in [-0.3, -0.25) is 0 Å². The molecule has 108 valence electrons. The minimum Gasteiger partial charge on any atom is -0.389 e. The van der Waals surface area contributed by atoms with Gasteiger partial charge in [0.2, 0.25) is 0 Å². The molecule has 0 bridgehead atoms. The van der Waals surface area contributed by atoms with Gasteiger partial charge in [-0.1, -0.05) is 42.5 Å². The van der Waals surface area contributed by atoms with E-state index in [1.807, 2.05) is 6.07 Å². The summed E-state index contributed by atoms with van der Waals surface area (Å²) in [6, 6.07) is 15.1. The molecule has 2 nitrogen and oxygen atoms in total. The summed E-state index contributed by atoms with van der Waals surface area (Å²) in [6.07, 6.45) is 1.08. The molecule has 1 aliphatic rings. The molecule has 1 atom stereocenters. The fourth-order valence-electron chi connectivity index (χ4n) is 2.96. The lowest BCUT2D eigenvalue weighted by Crippen LogP contribution is -2.23. The van der Waals surface area contributed by atoms with E-state index >= 15 is 0 Å². The van der Waals surface area contributed by atoms with Gasteiger partial charge in [-0.15, -0.1) is 0 Å². The highest BCUT2D eigenvalue weighted by Gasteiger charge is 2.25. The zero-order valence-corrected chi connectivity index (χ0v) is 12.4. The number of anilines is 1. The van der Waals surface area contributed by atoms with Crippen LogP contribution >= 0.6 is 12.2 Å². The molecular weight excluding hydrogens is 283 g/mol. The van der Waals surface area contributed by atoms with E-state index in [1.165, 1.54) is 17.7 Å². The van der Waals surface area contributed by atoms with Gasteiger partial charge in [0.05, 0.1) is 0 Å². The van der Waals surface area contributed by atoms with Gasteiger partial charge in [0.1, 0.15) is 10.8 Å². The number of rotatable bonds is 3. The molecule has 2 aromatic carbocycles. The molecular formula is C17H17FN2S. The monoisotopic (exact) mass is 300 g/mol. The first kappa shape index (κ1) is 14.0. The average Bonchev–Trinajstić information content (AvgIpc) is 2.97. The predicted octanol–water partition coefficient (Wildman–Crippen LogP) is 3.45. The highest BCUT2D eigenvalue weighted by molar-refractivity contribution is 7.80. The standard InChI is InChI=1S/C17H17FN2S/c18-14-6-7-16(15(10-14)17(19)21)20-9-8-13(11-20)12-4-2-1-3-5-12/h1-7,10,13H,8-9,11H2,(H2,19,21). The Hall–Kier alpha value is -1.94. The maximum absolute atomic E-state index is 13.4. The number of hydrogen-bond donors (Lipinski definition) is 1. The molecule has 0 aliphatic carbocycles. The SMILES string of the molecule is NC(=S)c1cc(F)ccc1N1CCC(c2ccccc2)C1. The van der Waals surface area contributed by atoms with Gasteiger partial charge in [0.25, 0.3) is 0 Å². The van der Waals surface area contributed by atoms with Crippen LogP contribution in [0, 0.1) is 5.82 Å². The van der Waals surface area contributed by atoms with E-state index in [9.17, 15) is 4.39 Å². The molecule has 0 aromatic heterocycles. The minimum atomic E-state index is -0.305. The Morgan fingerprint density at radius 1 is 1.19 bits per heavy atom. The summed E-state index contributed by atoms with van der Waals surface area (Å²) in [5.41, 5.74) is 8.64. The van der Waals surface area contributed by atoms with Crippen molar-refractivity contribution in [3.05, 3.63) is 65.5 Å². The molecule has 0 saturated carbocycles. The van der Waals surface area contributed by atoms with E-state index in [0.717, 1.165) is 25.2 Å². The summed E-state index contributed by atoms with van der Waals surface area (Å²) in [4.78, 5) is 2.48. The largest absolute Gasteiger partial charge is 0.389 e. The first-order valence-corrected chi connectivity index (χ1v) is 7.45. The number of halogens is 1. The van der Waals surface area contributed by atoms with Crippen molar-refractivity contribution in [2.24, 2.45) is 5.73 Å². The maximum atomic E-state index is 13.4. The van der Waals surface area contributed by atoms with Crippen molar-refractivity contribution in [2.45, 2.75) is 12.3 Å². The van der Waals surface area contributed by atoms with Crippen molar-refractivity contribution in [3.63, 3.8) is 0 Å². The number of nitrogens with two attached hydrogens (primary N) is 1. The fourth-order valence-corrected chi connectivity index (χ4v) is 3.12. The van der Waals surface area contributed by atoms with Crippen LogP contribution in [0.3, 0.4) is 0 Å². The number of benzene rings is 2. The molecule has 1 unspecified atom stereocenters. The van der Waals surface area contributed by atoms with Gasteiger partial charge in [-0.25, -0.2) is 4.39 Å². The van der Waals surface area contributed by atoms with Gasteiger partial charge in [0.15, 0.2) is 0 Å². The lowest BCUT2D eigenvalue weighted by atomic mass is 9.99. The van der Waals surface area contributed by atoms with Gasteiger partial charge < -0.3 is 10.6 Å². The van der Waals surface area contributed by atoms with Crippen LogP contribution in [0.15, 0.2) is 48.5 Å². The number of nitrogens with zero attached hydrogens (tertiary/aromatic N) is 1. The van der Waals surface area contributed by atoms with Gasteiger partial charge in [0, 0.05) is 30.3 Å².